The highest BCUT2D eigenvalue weighted by atomic mass is 16.6. The second-order valence-electron chi connectivity index (χ2n) is 4.08. The molecule has 19 heavy (non-hydrogen) atoms. The van der Waals surface area contributed by atoms with Crippen molar-refractivity contribution in [3.05, 3.63) is 57.3 Å². The molecule has 7 heteroatoms. The summed E-state index contributed by atoms with van der Waals surface area (Å²) in [5, 5.41) is 22.4. The first kappa shape index (κ1) is 12.7. The highest BCUT2D eigenvalue weighted by Crippen LogP contribution is 2.19. The molecule has 0 radical (unpaired) electrons. The maximum absolute atomic E-state index is 11.6. The van der Waals surface area contributed by atoms with Crippen molar-refractivity contribution in [1.82, 2.24) is 4.57 Å². The van der Waals surface area contributed by atoms with E-state index < -0.39 is 4.92 Å². The number of imidazole rings is 1. The zero-order valence-corrected chi connectivity index (χ0v) is 10.4. The molecular weight excluding hydrogens is 250 g/mol. The van der Waals surface area contributed by atoms with Gasteiger partial charge in [-0.3, -0.25) is 14.9 Å². The molecular formula is C12H11N3O4. The summed E-state index contributed by atoms with van der Waals surface area (Å²) in [7, 11) is 0. The SMILES string of the molecule is CC(=O)c1c(C)n(-c2cccc([N+](=O)[O-])c2)c[n+]1[O-]. The molecule has 0 atom stereocenters. The Morgan fingerprint density at radius 1 is 1.42 bits per heavy atom. The maximum atomic E-state index is 11.6. The van der Waals surface area contributed by atoms with Gasteiger partial charge in [0, 0.05) is 19.9 Å². The van der Waals surface area contributed by atoms with Crippen molar-refractivity contribution in [1.29, 1.82) is 0 Å². The largest absolute Gasteiger partial charge is 0.710 e. The number of nitrogens with zero attached hydrogens (tertiary/aromatic N) is 3. The van der Waals surface area contributed by atoms with Crippen molar-refractivity contribution >= 4 is 11.5 Å². The number of aromatic nitrogens is 2. The van der Waals surface area contributed by atoms with Crippen LogP contribution in [0.4, 0.5) is 5.69 Å². The number of hydrogen-bond donors (Lipinski definition) is 0. The molecule has 0 bridgehead atoms. The first-order chi connectivity index (χ1) is 8.91. The maximum Gasteiger partial charge on any atom is 0.273 e. The van der Waals surface area contributed by atoms with E-state index in [9.17, 15) is 20.1 Å². The van der Waals surface area contributed by atoms with E-state index >= 15 is 0 Å². The molecule has 0 spiro atoms. The predicted octanol–water partition coefficient (Wildman–Crippen LogP) is 1.53. The number of rotatable bonds is 3. The van der Waals surface area contributed by atoms with Crippen LogP contribution in [-0.2, 0) is 0 Å². The van der Waals surface area contributed by atoms with Crippen LogP contribution in [0, 0.1) is 22.2 Å². The van der Waals surface area contributed by atoms with Crippen molar-refractivity contribution in [2.24, 2.45) is 0 Å². The van der Waals surface area contributed by atoms with Gasteiger partial charge in [0.2, 0.25) is 11.5 Å². The standard InChI is InChI=1S/C12H11N3O4/c1-8-12(9(2)16)14(17)7-13(8)10-4-3-5-11(6-10)15(18)19/h3-7H,1-2H3. The minimum absolute atomic E-state index is 0.0338. The van der Waals surface area contributed by atoms with Crippen molar-refractivity contribution in [2.75, 3.05) is 0 Å². The summed E-state index contributed by atoms with van der Waals surface area (Å²) in [5.41, 5.74) is 0.866. The summed E-state index contributed by atoms with van der Waals surface area (Å²) < 4.78 is 1.92. The van der Waals surface area contributed by atoms with E-state index in [2.05, 4.69) is 0 Å². The van der Waals surface area contributed by atoms with Gasteiger partial charge in [-0.1, -0.05) is 6.07 Å². The third kappa shape index (κ3) is 2.17. The van der Waals surface area contributed by atoms with Gasteiger partial charge in [-0.25, -0.2) is 4.73 Å². The Bertz CT molecular complexity index is 676. The summed E-state index contributed by atoms with van der Waals surface area (Å²) >= 11 is 0. The lowest BCUT2D eigenvalue weighted by Crippen LogP contribution is -2.30. The van der Waals surface area contributed by atoms with Gasteiger partial charge in [-0.15, -0.1) is 0 Å². The molecule has 0 unspecified atom stereocenters. The number of Topliss-reactive ketones (excluding diaryl/α,β-unsaturated/α-hetero) is 1. The molecule has 0 aliphatic rings. The molecule has 0 aliphatic heterocycles. The van der Waals surface area contributed by atoms with E-state index in [1.807, 2.05) is 0 Å². The van der Waals surface area contributed by atoms with E-state index in [1.54, 1.807) is 13.0 Å². The molecule has 98 valence electrons. The smallest absolute Gasteiger partial charge is 0.273 e. The van der Waals surface area contributed by atoms with Gasteiger partial charge in [0.05, 0.1) is 11.0 Å². The van der Waals surface area contributed by atoms with Crippen LogP contribution in [-0.4, -0.2) is 15.3 Å². The van der Waals surface area contributed by atoms with Crippen LogP contribution in [0.25, 0.3) is 5.69 Å². The third-order valence-electron chi connectivity index (χ3n) is 2.80. The topological polar surface area (TPSA) is 92.1 Å². The lowest BCUT2D eigenvalue weighted by molar-refractivity contribution is -0.606. The van der Waals surface area contributed by atoms with E-state index in [0.717, 1.165) is 0 Å². The van der Waals surface area contributed by atoms with Gasteiger partial charge in [0.15, 0.2) is 5.69 Å². The minimum atomic E-state index is -0.514. The van der Waals surface area contributed by atoms with Crippen molar-refractivity contribution < 1.29 is 14.4 Å². The van der Waals surface area contributed by atoms with Crippen LogP contribution in [0.2, 0.25) is 0 Å². The van der Waals surface area contributed by atoms with Gasteiger partial charge in [-0.05, 0) is 6.07 Å². The van der Waals surface area contributed by atoms with Gasteiger partial charge < -0.3 is 5.21 Å². The van der Waals surface area contributed by atoms with Crippen LogP contribution in [0.5, 0.6) is 0 Å². The van der Waals surface area contributed by atoms with Gasteiger partial charge in [0.1, 0.15) is 5.69 Å². The van der Waals surface area contributed by atoms with Crippen LogP contribution >= 0.6 is 0 Å². The Hall–Kier alpha value is -2.70. The van der Waals surface area contributed by atoms with Crippen molar-refractivity contribution in [3.8, 4) is 5.69 Å². The van der Waals surface area contributed by atoms with Crippen LogP contribution < -0.4 is 4.73 Å². The Kier molecular flexibility index (Phi) is 3.04. The molecule has 0 fully saturated rings. The highest BCUT2D eigenvalue weighted by Gasteiger charge is 2.22. The summed E-state index contributed by atoms with van der Waals surface area (Å²) in [6.45, 7) is 2.92. The summed E-state index contributed by atoms with van der Waals surface area (Å²) in [4.78, 5) is 21.6. The van der Waals surface area contributed by atoms with Crippen LogP contribution in [0.1, 0.15) is 23.1 Å². The normalized spacial score (nSPS) is 10.4. The molecule has 1 aromatic carbocycles. The Morgan fingerprint density at radius 3 is 2.63 bits per heavy atom. The molecule has 2 rings (SSSR count). The second kappa shape index (κ2) is 4.52. The summed E-state index contributed by atoms with van der Waals surface area (Å²) in [6.07, 6.45) is 1.19. The lowest BCUT2D eigenvalue weighted by atomic mass is 10.2. The average Bonchev–Trinajstić information content (AvgIpc) is 2.65. The van der Waals surface area contributed by atoms with E-state index in [0.29, 0.717) is 16.1 Å². The van der Waals surface area contributed by atoms with Crippen LogP contribution in [0.15, 0.2) is 30.6 Å². The molecule has 0 amide bonds. The number of ketones is 1. The molecule has 7 nitrogen and oxygen atoms in total. The van der Waals surface area contributed by atoms with Crippen molar-refractivity contribution in [2.45, 2.75) is 13.8 Å². The van der Waals surface area contributed by atoms with E-state index in [-0.39, 0.29) is 17.2 Å². The predicted molar refractivity (Wildman–Crippen MR) is 66.1 cm³/mol. The Labute approximate surface area is 108 Å². The van der Waals surface area contributed by atoms with Crippen LogP contribution in [0.3, 0.4) is 0 Å². The Balaban J connectivity index is 2.60. The average molecular weight is 261 g/mol. The van der Waals surface area contributed by atoms with Gasteiger partial charge in [-0.2, -0.15) is 4.57 Å². The minimum Gasteiger partial charge on any atom is -0.710 e. The Morgan fingerprint density at radius 2 is 2.11 bits per heavy atom. The van der Waals surface area contributed by atoms with Gasteiger partial charge >= 0.3 is 0 Å². The quantitative estimate of drug-likeness (QED) is 0.275. The second-order valence-corrected chi connectivity index (χ2v) is 4.08. The molecule has 0 aliphatic carbocycles. The first-order valence-corrected chi connectivity index (χ1v) is 5.48. The molecule has 1 heterocycles. The number of hydrogen-bond acceptors (Lipinski definition) is 4. The number of benzene rings is 1. The number of carbonyl (C=O) groups is 1. The fraction of sp³-hybridized carbons (Fsp3) is 0.167. The van der Waals surface area contributed by atoms with Crippen molar-refractivity contribution in [3.63, 3.8) is 0 Å². The highest BCUT2D eigenvalue weighted by molar-refractivity contribution is 5.91. The molecule has 0 saturated heterocycles. The number of carbonyl (C=O) groups excluding carboxylic acids is 1. The molecule has 0 N–H and O–H groups in total. The van der Waals surface area contributed by atoms with Gasteiger partial charge in [0.25, 0.3) is 12.0 Å². The number of nitro benzene ring substituents is 1. The zero-order valence-electron chi connectivity index (χ0n) is 10.4. The summed E-state index contributed by atoms with van der Waals surface area (Å²) in [5.74, 6) is -0.350. The number of nitro groups is 1. The molecule has 1 aromatic heterocycles. The fourth-order valence-corrected chi connectivity index (χ4v) is 1.95. The monoisotopic (exact) mass is 261 g/mol. The van der Waals surface area contributed by atoms with E-state index in [1.165, 1.54) is 36.0 Å². The summed E-state index contributed by atoms with van der Waals surface area (Å²) in [6, 6.07) is 5.86. The third-order valence-corrected chi connectivity index (χ3v) is 2.80. The molecule has 0 saturated carbocycles. The first-order valence-electron chi connectivity index (χ1n) is 5.48. The number of non-ortho nitro benzene ring substituents is 1. The molecule has 2 aromatic rings. The lowest BCUT2D eigenvalue weighted by Gasteiger charge is -1.98. The van der Waals surface area contributed by atoms with E-state index in [4.69, 9.17) is 0 Å². The zero-order chi connectivity index (χ0) is 14.2. The fourth-order valence-electron chi connectivity index (χ4n) is 1.95.